The lowest BCUT2D eigenvalue weighted by molar-refractivity contribution is -0.385. The SMILES string of the molecule is COc1ccc(-c2c(Nc3ccc([N+](=O)[O-])cn3)nc3c(-c4ccccc4)c(-c4ccccc4)[nH]n3c2=O)cc1. The van der Waals surface area contributed by atoms with Crippen LogP contribution in [0.2, 0.25) is 0 Å². The van der Waals surface area contributed by atoms with Crippen LogP contribution in [0.25, 0.3) is 39.2 Å². The summed E-state index contributed by atoms with van der Waals surface area (Å²) in [5.74, 6) is 1.20. The molecule has 0 radical (unpaired) electrons. The zero-order valence-corrected chi connectivity index (χ0v) is 21.2. The third kappa shape index (κ3) is 4.43. The number of aromatic nitrogens is 4. The number of hydrogen-bond acceptors (Lipinski definition) is 7. The third-order valence-electron chi connectivity index (χ3n) is 6.49. The highest BCUT2D eigenvalue weighted by molar-refractivity contribution is 5.92. The molecule has 3 aromatic heterocycles. The molecule has 6 aromatic rings. The molecule has 3 aromatic carbocycles. The van der Waals surface area contributed by atoms with Crippen LogP contribution >= 0.6 is 0 Å². The Morgan fingerprint density at radius 1 is 0.850 bits per heavy atom. The van der Waals surface area contributed by atoms with E-state index < -0.39 is 4.92 Å². The van der Waals surface area contributed by atoms with Crippen LogP contribution in [0.3, 0.4) is 0 Å². The minimum absolute atomic E-state index is 0.145. The fourth-order valence-corrected chi connectivity index (χ4v) is 4.56. The molecular formula is C30H22N6O4. The van der Waals surface area contributed by atoms with Crippen LogP contribution in [0.4, 0.5) is 17.3 Å². The Hall–Kier alpha value is -5.77. The number of nitrogens with zero attached hydrogens (tertiary/aromatic N) is 4. The van der Waals surface area contributed by atoms with Crippen molar-refractivity contribution in [2.24, 2.45) is 0 Å². The largest absolute Gasteiger partial charge is 0.497 e. The molecule has 0 spiro atoms. The van der Waals surface area contributed by atoms with Gasteiger partial charge in [-0.2, -0.15) is 4.52 Å². The van der Waals surface area contributed by atoms with Crippen molar-refractivity contribution in [1.29, 1.82) is 0 Å². The van der Waals surface area contributed by atoms with E-state index in [0.29, 0.717) is 28.3 Å². The maximum atomic E-state index is 14.2. The summed E-state index contributed by atoms with van der Waals surface area (Å²) in [6.45, 7) is 0. The first-order chi connectivity index (χ1) is 19.5. The van der Waals surface area contributed by atoms with Crippen molar-refractivity contribution in [2.45, 2.75) is 0 Å². The Labute approximate surface area is 227 Å². The van der Waals surface area contributed by atoms with Gasteiger partial charge in [-0.1, -0.05) is 72.8 Å². The van der Waals surface area contributed by atoms with Crippen molar-refractivity contribution < 1.29 is 9.66 Å². The molecule has 0 aliphatic rings. The minimum atomic E-state index is -0.521. The fraction of sp³-hybridized carbons (Fsp3) is 0.0333. The number of nitrogens with one attached hydrogen (secondary N) is 2. The molecule has 2 N–H and O–H groups in total. The molecule has 10 nitrogen and oxygen atoms in total. The fourth-order valence-electron chi connectivity index (χ4n) is 4.56. The number of aromatic amines is 1. The quantitative estimate of drug-likeness (QED) is 0.189. The number of anilines is 2. The first kappa shape index (κ1) is 24.6. The molecule has 10 heteroatoms. The first-order valence-electron chi connectivity index (χ1n) is 12.3. The Morgan fingerprint density at radius 2 is 1.50 bits per heavy atom. The van der Waals surface area contributed by atoms with Gasteiger partial charge in [0, 0.05) is 11.6 Å². The highest BCUT2D eigenvalue weighted by Crippen LogP contribution is 2.36. The molecule has 0 fully saturated rings. The smallest absolute Gasteiger partial charge is 0.287 e. The zero-order valence-electron chi connectivity index (χ0n) is 21.2. The average molecular weight is 531 g/mol. The van der Waals surface area contributed by atoms with Gasteiger partial charge < -0.3 is 10.1 Å². The van der Waals surface area contributed by atoms with Crippen molar-refractivity contribution in [3.05, 3.63) is 124 Å². The molecule has 0 aliphatic carbocycles. The summed E-state index contributed by atoms with van der Waals surface area (Å²) >= 11 is 0. The average Bonchev–Trinajstić information content (AvgIpc) is 3.38. The molecule has 0 saturated carbocycles. The van der Waals surface area contributed by atoms with E-state index in [0.717, 1.165) is 28.6 Å². The number of rotatable bonds is 7. The summed E-state index contributed by atoms with van der Waals surface area (Å²) in [4.78, 5) is 33.9. The number of fused-ring (bicyclic) bond motifs is 1. The van der Waals surface area contributed by atoms with Crippen LogP contribution < -0.4 is 15.6 Å². The molecular weight excluding hydrogens is 508 g/mol. The van der Waals surface area contributed by atoms with Crippen molar-refractivity contribution in [3.8, 4) is 39.3 Å². The molecule has 0 aliphatic heterocycles. The van der Waals surface area contributed by atoms with E-state index in [1.165, 1.54) is 16.6 Å². The lowest BCUT2D eigenvalue weighted by Crippen LogP contribution is -2.19. The van der Waals surface area contributed by atoms with E-state index >= 15 is 0 Å². The summed E-state index contributed by atoms with van der Waals surface area (Å²) < 4.78 is 6.74. The van der Waals surface area contributed by atoms with Gasteiger partial charge in [-0.3, -0.25) is 20.0 Å². The number of nitro groups is 1. The van der Waals surface area contributed by atoms with Crippen molar-refractivity contribution in [1.82, 2.24) is 19.6 Å². The molecule has 0 amide bonds. The number of pyridine rings is 1. The molecule has 0 bridgehead atoms. The Bertz CT molecular complexity index is 1880. The van der Waals surface area contributed by atoms with Gasteiger partial charge in [-0.25, -0.2) is 9.97 Å². The Morgan fingerprint density at radius 3 is 2.10 bits per heavy atom. The Balaban J connectivity index is 1.63. The number of H-pyrrole nitrogens is 1. The second-order valence-corrected chi connectivity index (χ2v) is 8.91. The summed E-state index contributed by atoms with van der Waals surface area (Å²) in [7, 11) is 1.57. The van der Waals surface area contributed by atoms with Crippen LogP contribution in [0.5, 0.6) is 5.75 Å². The highest BCUT2D eigenvalue weighted by atomic mass is 16.6. The van der Waals surface area contributed by atoms with Gasteiger partial charge in [0.25, 0.3) is 11.2 Å². The zero-order chi connectivity index (χ0) is 27.6. The van der Waals surface area contributed by atoms with Crippen molar-refractivity contribution in [2.75, 3.05) is 12.4 Å². The predicted octanol–water partition coefficient (Wildman–Crippen LogP) is 6.08. The van der Waals surface area contributed by atoms with Crippen LogP contribution in [-0.4, -0.2) is 31.6 Å². The van der Waals surface area contributed by atoms with Crippen molar-refractivity contribution in [3.63, 3.8) is 0 Å². The maximum Gasteiger partial charge on any atom is 0.287 e. The minimum Gasteiger partial charge on any atom is -0.497 e. The molecule has 0 unspecified atom stereocenters. The van der Waals surface area contributed by atoms with E-state index in [4.69, 9.17) is 9.72 Å². The second kappa shape index (κ2) is 10.2. The third-order valence-corrected chi connectivity index (χ3v) is 6.49. The standard InChI is InChI=1S/C30H22N6O4/c1-40-23-15-12-20(13-16-23)26-28(32-24-17-14-22(18-31-24)36(38)39)33-29-25(19-8-4-2-5-9-19)27(34-35(29)30(26)37)21-10-6-3-7-11-21/h2-18,34H,1H3,(H,31,32). The summed E-state index contributed by atoms with van der Waals surface area (Å²) in [6.07, 6.45) is 1.15. The molecule has 3 heterocycles. The number of methoxy groups -OCH3 is 1. The van der Waals surface area contributed by atoms with Crippen LogP contribution in [-0.2, 0) is 0 Å². The highest BCUT2D eigenvalue weighted by Gasteiger charge is 2.23. The van der Waals surface area contributed by atoms with Crippen molar-refractivity contribution >= 4 is 23.0 Å². The normalized spacial score (nSPS) is 10.9. The van der Waals surface area contributed by atoms with Gasteiger partial charge in [0.2, 0.25) is 0 Å². The van der Waals surface area contributed by atoms with Crippen LogP contribution in [0.15, 0.2) is 108 Å². The van der Waals surface area contributed by atoms with E-state index in [1.807, 2.05) is 60.7 Å². The molecule has 0 atom stereocenters. The summed E-state index contributed by atoms with van der Waals surface area (Å²) in [5, 5.41) is 17.5. The van der Waals surface area contributed by atoms with Gasteiger partial charge in [-0.05, 0) is 29.3 Å². The van der Waals surface area contributed by atoms with E-state index in [1.54, 1.807) is 31.4 Å². The van der Waals surface area contributed by atoms with E-state index in [-0.39, 0.29) is 17.1 Å². The van der Waals surface area contributed by atoms with Gasteiger partial charge >= 0.3 is 0 Å². The first-order valence-corrected chi connectivity index (χ1v) is 12.3. The molecule has 40 heavy (non-hydrogen) atoms. The molecule has 6 rings (SSSR count). The molecule has 196 valence electrons. The maximum absolute atomic E-state index is 14.2. The lowest BCUT2D eigenvalue weighted by Gasteiger charge is -2.12. The number of ether oxygens (including phenoxy) is 1. The van der Waals surface area contributed by atoms with Crippen LogP contribution in [0, 0.1) is 10.1 Å². The monoisotopic (exact) mass is 530 g/mol. The van der Waals surface area contributed by atoms with E-state index in [9.17, 15) is 14.9 Å². The summed E-state index contributed by atoms with van der Waals surface area (Å²) in [5.41, 5.74) is 4.10. The Kier molecular flexibility index (Phi) is 6.25. The topological polar surface area (TPSA) is 127 Å². The predicted molar refractivity (Wildman–Crippen MR) is 153 cm³/mol. The van der Waals surface area contributed by atoms with Gasteiger partial charge in [0.1, 0.15) is 23.6 Å². The second-order valence-electron chi connectivity index (χ2n) is 8.91. The van der Waals surface area contributed by atoms with Gasteiger partial charge in [0.15, 0.2) is 5.65 Å². The van der Waals surface area contributed by atoms with Gasteiger partial charge in [0.05, 0.1) is 28.9 Å². The van der Waals surface area contributed by atoms with E-state index in [2.05, 4.69) is 15.4 Å². The lowest BCUT2D eigenvalue weighted by atomic mass is 10.0. The number of hydrogen-bond donors (Lipinski definition) is 2. The number of benzene rings is 3. The summed E-state index contributed by atoms with van der Waals surface area (Å²) in [6, 6.07) is 29.3. The van der Waals surface area contributed by atoms with Gasteiger partial charge in [-0.15, -0.1) is 0 Å². The molecule has 0 saturated heterocycles. The van der Waals surface area contributed by atoms with Crippen LogP contribution in [0.1, 0.15) is 0 Å².